The van der Waals surface area contributed by atoms with Crippen LogP contribution in [0.5, 0.6) is 11.5 Å². The molecule has 0 aromatic heterocycles. The Kier molecular flexibility index (Phi) is 4.74. The van der Waals surface area contributed by atoms with Crippen molar-refractivity contribution in [2.45, 2.75) is 44.7 Å². The van der Waals surface area contributed by atoms with Gasteiger partial charge in [0.05, 0.1) is 12.3 Å². The van der Waals surface area contributed by atoms with E-state index in [9.17, 15) is 4.79 Å². The van der Waals surface area contributed by atoms with Gasteiger partial charge in [0.2, 0.25) is 11.9 Å². The van der Waals surface area contributed by atoms with E-state index in [1.807, 2.05) is 4.90 Å². The van der Waals surface area contributed by atoms with Crippen LogP contribution in [0, 0.1) is 0 Å². The molecule has 1 aromatic rings. The number of benzene rings is 1. The van der Waals surface area contributed by atoms with Crippen molar-refractivity contribution < 1.29 is 19.0 Å². The zero-order valence-electron chi connectivity index (χ0n) is 15.9. The number of aliphatic imine (C=N–C) groups is 2. The van der Waals surface area contributed by atoms with E-state index >= 15 is 0 Å². The molecule has 150 valence electrons. The highest BCUT2D eigenvalue weighted by molar-refractivity contribution is 6.07. The fraction of sp³-hybridized carbons (Fsp3) is 0.526. The van der Waals surface area contributed by atoms with Crippen molar-refractivity contribution in [3.05, 3.63) is 17.7 Å². The van der Waals surface area contributed by atoms with Crippen LogP contribution >= 0.6 is 0 Å². The number of rotatable bonds is 3. The molecule has 2 aliphatic heterocycles. The topological polar surface area (TPSA) is 125 Å². The van der Waals surface area contributed by atoms with Crippen LogP contribution in [0.1, 0.15) is 49.4 Å². The third kappa shape index (κ3) is 3.00. The molecule has 28 heavy (non-hydrogen) atoms. The Bertz CT molecular complexity index is 845. The SMILES string of the molecule is CCOC(=O)c1ccc(N2C(N)=NC(N)=NC23CCCCC3)c2c1OCCO2. The predicted octanol–water partition coefficient (Wildman–Crippen LogP) is 1.74. The van der Waals surface area contributed by atoms with Gasteiger partial charge >= 0.3 is 5.97 Å². The Morgan fingerprint density at radius 3 is 2.61 bits per heavy atom. The van der Waals surface area contributed by atoms with Gasteiger partial charge in [-0.2, -0.15) is 4.99 Å². The van der Waals surface area contributed by atoms with Crippen LogP contribution in [0.25, 0.3) is 0 Å². The fourth-order valence-electron chi connectivity index (χ4n) is 4.14. The molecule has 1 aliphatic carbocycles. The second-order valence-corrected chi connectivity index (χ2v) is 7.03. The molecule has 1 fully saturated rings. The number of anilines is 1. The van der Waals surface area contributed by atoms with Crippen molar-refractivity contribution in [1.82, 2.24) is 0 Å². The first-order chi connectivity index (χ1) is 13.6. The molecule has 9 nitrogen and oxygen atoms in total. The molecule has 0 bridgehead atoms. The number of esters is 1. The Balaban J connectivity index is 1.84. The maximum Gasteiger partial charge on any atom is 0.342 e. The maximum atomic E-state index is 12.3. The molecule has 0 atom stereocenters. The second-order valence-electron chi connectivity index (χ2n) is 7.03. The fourth-order valence-corrected chi connectivity index (χ4v) is 4.14. The van der Waals surface area contributed by atoms with Gasteiger partial charge in [0.15, 0.2) is 11.5 Å². The summed E-state index contributed by atoms with van der Waals surface area (Å²) in [5.41, 5.74) is 12.7. The monoisotopic (exact) mass is 387 g/mol. The molecule has 1 saturated carbocycles. The lowest BCUT2D eigenvalue weighted by Crippen LogP contribution is -2.58. The van der Waals surface area contributed by atoms with E-state index in [2.05, 4.69) is 9.98 Å². The Morgan fingerprint density at radius 1 is 1.18 bits per heavy atom. The van der Waals surface area contributed by atoms with E-state index in [1.165, 1.54) is 0 Å². The number of carbonyl (C=O) groups is 1. The molecular formula is C19H25N5O4. The molecule has 0 saturated heterocycles. The zero-order valence-corrected chi connectivity index (χ0v) is 15.9. The number of carbonyl (C=O) groups excluding carboxylic acids is 1. The molecule has 4 N–H and O–H groups in total. The highest BCUT2D eigenvalue weighted by atomic mass is 16.6. The van der Waals surface area contributed by atoms with Gasteiger partial charge in [0.25, 0.3) is 0 Å². The molecule has 4 rings (SSSR count). The van der Waals surface area contributed by atoms with Crippen LogP contribution < -0.4 is 25.8 Å². The minimum Gasteiger partial charge on any atom is -0.485 e. The summed E-state index contributed by atoms with van der Waals surface area (Å²) in [5.74, 6) is 0.810. The van der Waals surface area contributed by atoms with Crippen molar-refractivity contribution >= 4 is 23.6 Å². The van der Waals surface area contributed by atoms with Crippen molar-refractivity contribution in [1.29, 1.82) is 0 Å². The predicted molar refractivity (Wildman–Crippen MR) is 105 cm³/mol. The number of guanidine groups is 2. The summed E-state index contributed by atoms with van der Waals surface area (Å²) in [4.78, 5) is 23.1. The average molecular weight is 387 g/mol. The molecule has 9 heteroatoms. The largest absolute Gasteiger partial charge is 0.485 e. The summed E-state index contributed by atoms with van der Waals surface area (Å²) >= 11 is 0. The standard InChI is InChI=1S/C19H25N5O4/c1-2-26-16(25)12-6-7-13(15-14(12)27-10-11-28-15)24-18(21)22-17(20)23-19(24)8-4-3-5-9-19/h6-7H,2-5,8-11H2,1H3,(H4,20,21,22,23). The summed E-state index contributed by atoms with van der Waals surface area (Å²) in [7, 11) is 0. The molecule has 1 spiro atoms. The van der Waals surface area contributed by atoms with Gasteiger partial charge in [-0.15, -0.1) is 0 Å². The van der Waals surface area contributed by atoms with Gasteiger partial charge < -0.3 is 25.7 Å². The van der Waals surface area contributed by atoms with Crippen LogP contribution in [-0.4, -0.2) is 43.4 Å². The van der Waals surface area contributed by atoms with Gasteiger partial charge in [-0.1, -0.05) is 6.42 Å². The molecule has 0 unspecified atom stereocenters. The Hall–Kier alpha value is -2.97. The minimum absolute atomic E-state index is 0.185. The van der Waals surface area contributed by atoms with Gasteiger partial charge in [-0.05, 0) is 44.7 Å². The first-order valence-electron chi connectivity index (χ1n) is 9.65. The van der Waals surface area contributed by atoms with E-state index < -0.39 is 11.6 Å². The number of nitrogens with zero attached hydrogens (tertiary/aromatic N) is 3. The first-order valence-corrected chi connectivity index (χ1v) is 9.65. The highest BCUT2D eigenvalue weighted by Crippen LogP contribution is 2.48. The van der Waals surface area contributed by atoms with Crippen molar-refractivity contribution in [2.24, 2.45) is 21.5 Å². The molecular weight excluding hydrogens is 362 g/mol. The summed E-state index contributed by atoms with van der Waals surface area (Å²) in [6, 6.07) is 3.46. The summed E-state index contributed by atoms with van der Waals surface area (Å²) in [6.45, 7) is 2.76. The van der Waals surface area contributed by atoms with E-state index in [0.29, 0.717) is 36.0 Å². The summed E-state index contributed by atoms with van der Waals surface area (Å²) in [6.07, 6.45) is 4.78. The van der Waals surface area contributed by atoms with Crippen molar-refractivity contribution in [3.8, 4) is 11.5 Å². The van der Waals surface area contributed by atoms with E-state index in [4.69, 9.17) is 25.7 Å². The molecule has 3 aliphatic rings. The zero-order chi connectivity index (χ0) is 19.7. The number of fused-ring (bicyclic) bond motifs is 1. The molecule has 0 amide bonds. The molecule has 2 heterocycles. The normalized spacial score (nSPS) is 20.4. The van der Waals surface area contributed by atoms with Gasteiger partial charge in [0, 0.05) is 0 Å². The number of hydrogen-bond acceptors (Lipinski definition) is 9. The smallest absolute Gasteiger partial charge is 0.342 e. The third-order valence-corrected chi connectivity index (χ3v) is 5.26. The number of hydrogen-bond donors (Lipinski definition) is 2. The maximum absolute atomic E-state index is 12.3. The quantitative estimate of drug-likeness (QED) is 0.757. The van der Waals surface area contributed by atoms with Crippen LogP contribution in [-0.2, 0) is 4.74 Å². The third-order valence-electron chi connectivity index (χ3n) is 5.26. The number of ether oxygens (including phenoxy) is 3. The first kappa shape index (κ1) is 18.4. The Labute approximate surface area is 163 Å². The van der Waals surface area contributed by atoms with E-state index in [-0.39, 0.29) is 18.5 Å². The molecule has 0 radical (unpaired) electrons. The average Bonchev–Trinajstić information content (AvgIpc) is 2.68. The second kappa shape index (κ2) is 7.21. The van der Waals surface area contributed by atoms with Crippen LogP contribution in [0.15, 0.2) is 22.1 Å². The van der Waals surface area contributed by atoms with Crippen LogP contribution in [0.4, 0.5) is 5.69 Å². The van der Waals surface area contributed by atoms with E-state index in [1.54, 1.807) is 19.1 Å². The lowest BCUT2D eigenvalue weighted by atomic mass is 9.87. The van der Waals surface area contributed by atoms with Crippen LogP contribution in [0.2, 0.25) is 0 Å². The summed E-state index contributed by atoms with van der Waals surface area (Å²) in [5, 5.41) is 0. The summed E-state index contributed by atoms with van der Waals surface area (Å²) < 4.78 is 16.9. The van der Waals surface area contributed by atoms with Gasteiger partial charge in [0.1, 0.15) is 24.4 Å². The lowest BCUT2D eigenvalue weighted by Gasteiger charge is -2.46. The minimum atomic E-state index is -0.603. The van der Waals surface area contributed by atoms with E-state index in [0.717, 1.165) is 32.1 Å². The van der Waals surface area contributed by atoms with Crippen molar-refractivity contribution in [2.75, 3.05) is 24.7 Å². The van der Waals surface area contributed by atoms with Gasteiger partial charge in [-0.3, -0.25) is 4.90 Å². The molecule has 1 aromatic carbocycles. The number of nitrogens with two attached hydrogens (primary N) is 2. The van der Waals surface area contributed by atoms with Crippen LogP contribution in [0.3, 0.4) is 0 Å². The van der Waals surface area contributed by atoms with Crippen molar-refractivity contribution in [3.63, 3.8) is 0 Å². The lowest BCUT2D eigenvalue weighted by molar-refractivity contribution is 0.0516. The Morgan fingerprint density at radius 2 is 1.89 bits per heavy atom. The van der Waals surface area contributed by atoms with Gasteiger partial charge in [-0.25, -0.2) is 9.79 Å². The highest BCUT2D eigenvalue weighted by Gasteiger charge is 2.44.